The summed E-state index contributed by atoms with van der Waals surface area (Å²) in [6.45, 7) is 7.20. The van der Waals surface area contributed by atoms with Crippen molar-refractivity contribution in [1.29, 1.82) is 0 Å². The number of hydrogen-bond donors (Lipinski definition) is 0. The maximum atomic E-state index is 13.5. The number of carbonyl (C=O) groups is 1. The number of benzene rings is 2. The van der Waals surface area contributed by atoms with Crippen molar-refractivity contribution in [3.8, 4) is 28.6 Å². The molecule has 1 aromatic heterocycles. The predicted octanol–water partition coefficient (Wildman–Crippen LogP) is 4.42. The first-order valence-corrected chi connectivity index (χ1v) is 9.94. The van der Waals surface area contributed by atoms with Gasteiger partial charge in [0.1, 0.15) is 5.58 Å². The number of rotatable bonds is 7. The number of aryl methyl sites for hydroxylation is 2. The molecular formula is C24H26O7. The summed E-state index contributed by atoms with van der Waals surface area (Å²) in [6.07, 6.45) is -0.995. The van der Waals surface area contributed by atoms with Gasteiger partial charge in [0.25, 0.3) is 0 Å². The highest BCUT2D eigenvalue weighted by Crippen LogP contribution is 2.37. The highest BCUT2D eigenvalue weighted by Gasteiger charge is 2.25. The lowest BCUT2D eigenvalue weighted by Gasteiger charge is -2.17. The normalized spacial score (nSPS) is 11.8. The van der Waals surface area contributed by atoms with Crippen LogP contribution >= 0.6 is 0 Å². The number of esters is 1. The van der Waals surface area contributed by atoms with Gasteiger partial charge in [-0.1, -0.05) is 6.07 Å². The van der Waals surface area contributed by atoms with E-state index in [1.54, 1.807) is 31.2 Å². The molecule has 0 fully saturated rings. The summed E-state index contributed by atoms with van der Waals surface area (Å²) in [7, 11) is 3.06. The van der Waals surface area contributed by atoms with Gasteiger partial charge in [-0.25, -0.2) is 4.79 Å². The summed E-state index contributed by atoms with van der Waals surface area (Å²) in [5.74, 6) is 0.559. The number of fused-ring (bicyclic) bond motifs is 1. The lowest BCUT2D eigenvalue weighted by atomic mass is 10.0. The van der Waals surface area contributed by atoms with Gasteiger partial charge in [-0.3, -0.25) is 4.79 Å². The third-order valence-corrected chi connectivity index (χ3v) is 4.85. The Morgan fingerprint density at radius 3 is 2.42 bits per heavy atom. The van der Waals surface area contributed by atoms with E-state index in [1.807, 2.05) is 19.9 Å². The van der Waals surface area contributed by atoms with Crippen LogP contribution in [0.4, 0.5) is 0 Å². The third-order valence-electron chi connectivity index (χ3n) is 4.85. The van der Waals surface area contributed by atoms with E-state index >= 15 is 0 Å². The quantitative estimate of drug-likeness (QED) is 0.517. The van der Waals surface area contributed by atoms with Gasteiger partial charge < -0.3 is 23.4 Å². The first kappa shape index (κ1) is 22.2. The van der Waals surface area contributed by atoms with Crippen molar-refractivity contribution in [2.75, 3.05) is 20.8 Å². The lowest BCUT2D eigenvalue weighted by Crippen LogP contribution is -2.28. The van der Waals surface area contributed by atoms with Crippen molar-refractivity contribution in [2.24, 2.45) is 0 Å². The average Bonchev–Trinajstić information content (AvgIpc) is 2.74. The van der Waals surface area contributed by atoms with E-state index in [2.05, 4.69) is 0 Å². The fraction of sp³-hybridized carbons (Fsp3) is 0.333. The monoisotopic (exact) mass is 426 g/mol. The largest absolute Gasteiger partial charge is 0.493 e. The molecule has 0 saturated heterocycles. The van der Waals surface area contributed by atoms with Crippen molar-refractivity contribution < 1.29 is 28.2 Å². The highest BCUT2D eigenvalue weighted by atomic mass is 16.6. The first-order valence-electron chi connectivity index (χ1n) is 9.94. The number of ether oxygens (including phenoxy) is 4. The molecule has 7 heteroatoms. The summed E-state index contributed by atoms with van der Waals surface area (Å²) in [4.78, 5) is 25.6. The van der Waals surface area contributed by atoms with Gasteiger partial charge in [-0.2, -0.15) is 0 Å². The van der Waals surface area contributed by atoms with E-state index < -0.39 is 12.1 Å². The summed E-state index contributed by atoms with van der Waals surface area (Å²) in [5.41, 5.74) is 2.33. The molecule has 0 aliphatic rings. The molecule has 1 atom stereocenters. The highest BCUT2D eigenvalue weighted by molar-refractivity contribution is 5.86. The Bertz CT molecular complexity index is 1180. The molecule has 1 heterocycles. The minimum Gasteiger partial charge on any atom is -0.493 e. The van der Waals surface area contributed by atoms with Crippen molar-refractivity contribution >= 4 is 16.9 Å². The Hall–Kier alpha value is -3.48. The van der Waals surface area contributed by atoms with Crippen LogP contribution in [0.2, 0.25) is 0 Å². The van der Waals surface area contributed by atoms with Crippen molar-refractivity contribution in [2.45, 2.75) is 33.8 Å². The first-order chi connectivity index (χ1) is 14.8. The van der Waals surface area contributed by atoms with E-state index in [1.165, 1.54) is 21.1 Å². The minimum atomic E-state index is -0.995. The van der Waals surface area contributed by atoms with Crippen molar-refractivity contribution in [1.82, 2.24) is 0 Å². The molecule has 0 N–H and O–H groups in total. The zero-order valence-corrected chi connectivity index (χ0v) is 18.5. The molecule has 0 spiro atoms. The molecule has 7 nitrogen and oxygen atoms in total. The third kappa shape index (κ3) is 4.35. The Labute approximate surface area is 180 Å². The molecule has 0 unspecified atom stereocenters. The molecule has 0 aliphatic carbocycles. The van der Waals surface area contributed by atoms with Crippen LogP contribution in [0.5, 0.6) is 17.2 Å². The second kappa shape index (κ2) is 9.12. The van der Waals surface area contributed by atoms with Crippen LogP contribution in [0.15, 0.2) is 39.5 Å². The van der Waals surface area contributed by atoms with Crippen molar-refractivity contribution in [3.05, 3.63) is 51.7 Å². The van der Waals surface area contributed by atoms with Gasteiger partial charge >= 0.3 is 5.97 Å². The van der Waals surface area contributed by atoms with Crippen LogP contribution in [0.25, 0.3) is 22.3 Å². The minimum absolute atomic E-state index is 0.0628. The van der Waals surface area contributed by atoms with E-state index in [-0.39, 0.29) is 23.5 Å². The maximum absolute atomic E-state index is 13.5. The predicted molar refractivity (Wildman–Crippen MR) is 117 cm³/mol. The topological polar surface area (TPSA) is 84.2 Å². The summed E-state index contributed by atoms with van der Waals surface area (Å²) in [5, 5.41) is 0.404. The molecule has 0 bridgehead atoms. The SMILES string of the molecule is CCOC(=O)[C@@H](C)Oc1c(-c2ccc(OC)c(OC)c2)oc2cc(C)cc(C)c2c1=O. The van der Waals surface area contributed by atoms with Crippen molar-refractivity contribution in [3.63, 3.8) is 0 Å². The van der Waals surface area contributed by atoms with E-state index in [0.717, 1.165) is 11.1 Å². The van der Waals surface area contributed by atoms with Gasteiger partial charge in [-0.05, 0) is 63.1 Å². The molecule has 31 heavy (non-hydrogen) atoms. The van der Waals surface area contributed by atoms with Crippen LogP contribution < -0.4 is 19.6 Å². The Balaban J connectivity index is 2.28. The fourth-order valence-electron chi connectivity index (χ4n) is 3.43. The molecule has 0 saturated carbocycles. The van der Waals surface area contributed by atoms with Crippen LogP contribution in [-0.2, 0) is 9.53 Å². The van der Waals surface area contributed by atoms with Crippen LogP contribution in [-0.4, -0.2) is 32.9 Å². The molecule has 164 valence electrons. The molecule has 3 aromatic rings. The molecule has 3 rings (SSSR count). The molecule has 0 amide bonds. The number of hydrogen-bond acceptors (Lipinski definition) is 7. The lowest BCUT2D eigenvalue weighted by molar-refractivity contribution is -0.150. The number of carbonyl (C=O) groups excluding carboxylic acids is 1. The van der Waals surface area contributed by atoms with Crippen LogP contribution in [0, 0.1) is 13.8 Å². The zero-order chi connectivity index (χ0) is 22.7. The van der Waals surface area contributed by atoms with E-state index in [9.17, 15) is 9.59 Å². The molecule has 0 radical (unpaired) electrons. The van der Waals surface area contributed by atoms with E-state index in [0.29, 0.717) is 28.0 Å². The van der Waals surface area contributed by atoms with E-state index in [4.69, 9.17) is 23.4 Å². The van der Waals surface area contributed by atoms with Gasteiger partial charge in [-0.15, -0.1) is 0 Å². The summed E-state index contributed by atoms with van der Waals surface area (Å²) in [6, 6.07) is 8.82. The van der Waals surface area contributed by atoms with Gasteiger partial charge in [0.2, 0.25) is 11.2 Å². The van der Waals surface area contributed by atoms with Gasteiger partial charge in [0, 0.05) is 5.56 Å². The zero-order valence-electron chi connectivity index (χ0n) is 18.5. The van der Waals surface area contributed by atoms with Crippen LogP contribution in [0.3, 0.4) is 0 Å². The number of methoxy groups -OCH3 is 2. The van der Waals surface area contributed by atoms with Gasteiger partial charge in [0.15, 0.2) is 23.4 Å². The molecule has 2 aromatic carbocycles. The fourth-order valence-corrected chi connectivity index (χ4v) is 3.43. The molecule has 0 aliphatic heterocycles. The summed E-state index contributed by atoms with van der Waals surface area (Å²) < 4.78 is 27.7. The Kier molecular flexibility index (Phi) is 6.53. The smallest absolute Gasteiger partial charge is 0.347 e. The Morgan fingerprint density at radius 2 is 1.77 bits per heavy atom. The maximum Gasteiger partial charge on any atom is 0.347 e. The van der Waals surface area contributed by atoms with Gasteiger partial charge in [0.05, 0.1) is 26.2 Å². The average molecular weight is 426 g/mol. The second-order valence-electron chi connectivity index (χ2n) is 7.13. The summed E-state index contributed by atoms with van der Waals surface area (Å²) >= 11 is 0. The Morgan fingerprint density at radius 1 is 1.06 bits per heavy atom. The second-order valence-corrected chi connectivity index (χ2v) is 7.13. The molecular weight excluding hydrogens is 400 g/mol. The standard InChI is InChI=1S/C24H26O7/c1-7-29-24(26)15(4)30-23-21(25)20-14(3)10-13(2)11-19(20)31-22(23)16-8-9-17(27-5)18(12-16)28-6/h8-12,15H,7H2,1-6H3/t15-/m1/s1. The van der Waals surface area contributed by atoms with Crippen LogP contribution in [0.1, 0.15) is 25.0 Å².